The number of para-hydroxylation sites is 1. The van der Waals surface area contributed by atoms with Gasteiger partial charge in [-0.3, -0.25) is 19.3 Å². The topological polar surface area (TPSA) is 117 Å². The van der Waals surface area contributed by atoms with Crippen LogP contribution in [0.25, 0.3) is 0 Å². The van der Waals surface area contributed by atoms with Gasteiger partial charge in [0.2, 0.25) is 0 Å². The Morgan fingerprint density at radius 1 is 1.02 bits per heavy atom. The highest BCUT2D eigenvalue weighted by Crippen LogP contribution is 2.38. The average Bonchev–Trinajstić information content (AvgIpc) is 2.98. The first-order valence-corrected chi connectivity index (χ1v) is 13.5. The second-order valence-corrected chi connectivity index (χ2v) is 9.94. The predicted octanol–water partition coefficient (Wildman–Crippen LogP) is 5.83. The molecule has 44 heavy (non-hydrogen) atoms. The van der Waals surface area contributed by atoms with Crippen molar-refractivity contribution in [2.45, 2.75) is 32.0 Å². The summed E-state index contributed by atoms with van der Waals surface area (Å²) < 4.78 is 53.6. The number of nitrogens with two attached hydrogens (primary N) is 1. The van der Waals surface area contributed by atoms with E-state index in [2.05, 4.69) is 17.2 Å². The summed E-state index contributed by atoms with van der Waals surface area (Å²) in [6, 6.07) is 17.4. The highest BCUT2D eigenvalue weighted by molar-refractivity contribution is 6.15. The van der Waals surface area contributed by atoms with Crippen molar-refractivity contribution in [3.05, 3.63) is 119 Å². The molecule has 0 saturated carbocycles. The first-order chi connectivity index (χ1) is 20.8. The fourth-order valence-corrected chi connectivity index (χ4v) is 4.91. The lowest BCUT2D eigenvalue weighted by atomic mass is 9.78. The Morgan fingerprint density at radius 2 is 1.70 bits per heavy atom. The molecule has 228 valence electrons. The maximum atomic E-state index is 14.1. The number of piperidine rings is 1. The number of likely N-dealkylation sites (N-methyl/N-ethyl adjacent to an activating group) is 1. The molecule has 1 aliphatic heterocycles. The van der Waals surface area contributed by atoms with Crippen molar-refractivity contribution in [3.8, 4) is 0 Å². The van der Waals surface area contributed by atoms with Gasteiger partial charge in [-0.15, -0.1) is 0 Å². The number of alkyl halides is 3. The lowest BCUT2D eigenvalue weighted by Crippen LogP contribution is -2.59. The smallest absolute Gasteiger partial charge is 0.402 e. The molecule has 0 bridgehead atoms. The molecule has 12 heteroatoms. The Morgan fingerprint density at radius 3 is 2.32 bits per heavy atom. The largest absolute Gasteiger partial charge is 0.416 e. The van der Waals surface area contributed by atoms with E-state index in [0.717, 1.165) is 12.1 Å². The number of hydrogen-bond acceptors (Lipinski definition) is 5. The highest BCUT2D eigenvalue weighted by Gasteiger charge is 2.45. The van der Waals surface area contributed by atoms with Crippen LogP contribution in [-0.2, 0) is 15.8 Å². The molecular formula is C32H29F4N5O3. The van der Waals surface area contributed by atoms with E-state index in [0.29, 0.717) is 22.9 Å². The number of likely N-dealkylation sites (tertiary alicyclic amines) is 1. The van der Waals surface area contributed by atoms with E-state index in [1.54, 1.807) is 56.3 Å². The number of carbonyl (C=O) groups excluding carboxylic acids is 3. The Kier molecular flexibility index (Phi) is 9.32. The lowest BCUT2D eigenvalue weighted by Gasteiger charge is -2.41. The number of nitrogens with one attached hydrogen (secondary N) is 2. The highest BCUT2D eigenvalue weighted by atomic mass is 19.4. The standard InChI is InChI=1S/C32H29F4N5O3/c1-4-41-28(38-23-13-6-5-7-14-23)25(19(3)37)26(20-10-9-15-24(17-20)39-29(42)18(2)33)27(31(41)44)40-30(43)21-11-8-12-22(16-21)32(34,35)36/h5-17,26-27H,2,4,37H2,1,3H3,(H,39,42)(H,40,43)/b25-19-,38-28?/t26?,27-/m1/s1. The molecular weight excluding hydrogens is 578 g/mol. The van der Waals surface area contributed by atoms with E-state index in [1.165, 1.54) is 23.1 Å². The lowest BCUT2D eigenvalue weighted by molar-refractivity contribution is -0.137. The van der Waals surface area contributed by atoms with E-state index in [-0.39, 0.29) is 29.3 Å². The van der Waals surface area contributed by atoms with Gasteiger partial charge in [0.05, 0.1) is 11.3 Å². The van der Waals surface area contributed by atoms with Gasteiger partial charge < -0.3 is 16.4 Å². The number of halogens is 4. The van der Waals surface area contributed by atoms with Crippen molar-refractivity contribution in [2.24, 2.45) is 10.7 Å². The molecule has 0 spiro atoms. The zero-order valence-corrected chi connectivity index (χ0v) is 23.8. The van der Waals surface area contributed by atoms with Crippen molar-refractivity contribution >= 4 is 34.9 Å². The molecule has 3 aromatic rings. The molecule has 0 aliphatic carbocycles. The van der Waals surface area contributed by atoms with Gasteiger partial charge in [-0.1, -0.05) is 43.0 Å². The third kappa shape index (κ3) is 6.86. The van der Waals surface area contributed by atoms with E-state index >= 15 is 0 Å². The maximum Gasteiger partial charge on any atom is 0.416 e. The van der Waals surface area contributed by atoms with Gasteiger partial charge in [-0.05, 0) is 61.9 Å². The van der Waals surface area contributed by atoms with Crippen LogP contribution in [0.3, 0.4) is 0 Å². The number of amides is 3. The molecule has 4 rings (SSSR count). The van der Waals surface area contributed by atoms with Crippen molar-refractivity contribution in [3.63, 3.8) is 0 Å². The Bertz CT molecular complexity index is 1660. The number of aliphatic imine (C=N–C) groups is 1. The predicted molar refractivity (Wildman–Crippen MR) is 159 cm³/mol. The van der Waals surface area contributed by atoms with Crippen LogP contribution >= 0.6 is 0 Å². The minimum absolute atomic E-state index is 0.124. The third-order valence-corrected chi connectivity index (χ3v) is 6.89. The number of nitrogens with zero attached hydrogens (tertiary/aromatic N) is 2. The van der Waals surface area contributed by atoms with E-state index < -0.39 is 47.2 Å². The van der Waals surface area contributed by atoms with Crippen LogP contribution in [0.15, 0.2) is 108 Å². The van der Waals surface area contributed by atoms with Crippen LogP contribution in [0.4, 0.5) is 28.9 Å². The van der Waals surface area contributed by atoms with Gasteiger partial charge in [-0.2, -0.15) is 13.2 Å². The molecule has 2 atom stereocenters. The van der Waals surface area contributed by atoms with Gasteiger partial charge in [0.15, 0.2) is 5.83 Å². The second kappa shape index (κ2) is 12.9. The molecule has 1 aliphatic rings. The maximum absolute atomic E-state index is 14.1. The molecule has 8 nitrogen and oxygen atoms in total. The summed E-state index contributed by atoms with van der Waals surface area (Å²) in [6.45, 7) is 6.40. The number of amidine groups is 1. The third-order valence-electron chi connectivity index (χ3n) is 6.89. The van der Waals surface area contributed by atoms with Crippen molar-refractivity contribution in [1.82, 2.24) is 10.2 Å². The van der Waals surface area contributed by atoms with Gasteiger partial charge in [0.25, 0.3) is 17.7 Å². The minimum Gasteiger partial charge on any atom is -0.402 e. The number of hydrogen-bond donors (Lipinski definition) is 3. The van der Waals surface area contributed by atoms with E-state index in [4.69, 9.17) is 10.7 Å². The Balaban J connectivity index is 1.88. The normalized spacial score (nSPS) is 19.0. The van der Waals surface area contributed by atoms with E-state index in [9.17, 15) is 31.9 Å². The molecule has 0 radical (unpaired) electrons. The van der Waals surface area contributed by atoms with Crippen LogP contribution in [0.1, 0.15) is 41.3 Å². The minimum atomic E-state index is -4.69. The SMILES string of the molecule is C=C(F)C(=O)Nc1cccc(C2/C(=C(\C)N)C(=Nc3ccccc3)N(CC)C(=O)[C@@H]2NC(=O)c2cccc(C(F)(F)F)c2)c1. The Hall–Kier alpha value is -5.26. The molecule has 1 heterocycles. The summed E-state index contributed by atoms with van der Waals surface area (Å²) >= 11 is 0. The first kappa shape index (κ1) is 31.7. The fraction of sp³-hybridized carbons (Fsp3) is 0.188. The van der Waals surface area contributed by atoms with Crippen LogP contribution in [0.2, 0.25) is 0 Å². The van der Waals surface area contributed by atoms with Gasteiger partial charge in [0.1, 0.15) is 11.9 Å². The first-order valence-electron chi connectivity index (χ1n) is 13.5. The number of anilines is 1. The molecule has 1 fully saturated rings. The zero-order valence-electron chi connectivity index (χ0n) is 23.8. The zero-order chi connectivity index (χ0) is 32.2. The number of carbonyl (C=O) groups is 3. The molecule has 1 saturated heterocycles. The summed E-state index contributed by atoms with van der Waals surface area (Å²) in [5, 5.41) is 4.99. The molecule has 0 aromatic heterocycles. The summed E-state index contributed by atoms with van der Waals surface area (Å²) in [6.07, 6.45) is -4.69. The van der Waals surface area contributed by atoms with Gasteiger partial charge in [-0.25, -0.2) is 9.38 Å². The van der Waals surface area contributed by atoms with Crippen molar-refractivity contribution in [1.29, 1.82) is 0 Å². The van der Waals surface area contributed by atoms with Gasteiger partial charge >= 0.3 is 6.18 Å². The summed E-state index contributed by atoms with van der Waals surface area (Å²) in [7, 11) is 0. The van der Waals surface area contributed by atoms with Crippen LogP contribution in [-0.4, -0.2) is 41.0 Å². The van der Waals surface area contributed by atoms with Crippen LogP contribution in [0, 0.1) is 0 Å². The van der Waals surface area contributed by atoms with Crippen molar-refractivity contribution in [2.75, 3.05) is 11.9 Å². The summed E-state index contributed by atoms with van der Waals surface area (Å²) in [4.78, 5) is 45.6. The fourth-order valence-electron chi connectivity index (χ4n) is 4.91. The summed E-state index contributed by atoms with van der Waals surface area (Å²) in [5.74, 6) is -4.62. The molecule has 3 aromatic carbocycles. The van der Waals surface area contributed by atoms with Gasteiger partial charge in [0, 0.05) is 35.0 Å². The number of allylic oxidation sites excluding steroid dienone is 1. The van der Waals surface area contributed by atoms with Crippen LogP contribution < -0.4 is 16.4 Å². The molecule has 3 amide bonds. The molecule has 4 N–H and O–H groups in total. The van der Waals surface area contributed by atoms with Crippen molar-refractivity contribution < 1.29 is 31.9 Å². The van der Waals surface area contributed by atoms with Crippen LogP contribution in [0.5, 0.6) is 0 Å². The summed E-state index contributed by atoms with van der Waals surface area (Å²) in [5.41, 5.74) is 6.76. The number of benzene rings is 3. The Labute approximate surface area is 251 Å². The second-order valence-electron chi connectivity index (χ2n) is 9.94. The molecule has 1 unspecified atom stereocenters. The van der Waals surface area contributed by atoms with E-state index in [1.807, 2.05) is 0 Å². The average molecular weight is 608 g/mol. The quantitative estimate of drug-likeness (QED) is 0.231. The monoisotopic (exact) mass is 607 g/mol. The number of rotatable bonds is 7.